The molecular formula is C13H9Br2ClN2O. The highest BCUT2D eigenvalue weighted by Gasteiger charge is 2.10. The number of hydrogen-bond acceptors (Lipinski definition) is 2. The number of nitrogens with two attached hydrogens (primary N) is 1. The molecule has 0 heterocycles. The van der Waals surface area contributed by atoms with E-state index in [2.05, 4.69) is 37.2 Å². The third-order valence-corrected chi connectivity index (χ3v) is 3.56. The molecule has 0 aliphatic rings. The topological polar surface area (TPSA) is 55.1 Å². The van der Waals surface area contributed by atoms with Gasteiger partial charge in [-0.2, -0.15) is 0 Å². The molecule has 2 rings (SSSR count). The monoisotopic (exact) mass is 402 g/mol. The van der Waals surface area contributed by atoms with E-state index in [1.165, 1.54) is 0 Å². The van der Waals surface area contributed by atoms with Crippen molar-refractivity contribution in [1.82, 2.24) is 0 Å². The van der Waals surface area contributed by atoms with Crippen LogP contribution in [0, 0.1) is 0 Å². The lowest BCUT2D eigenvalue weighted by atomic mass is 10.2. The van der Waals surface area contributed by atoms with E-state index in [9.17, 15) is 4.79 Å². The molecule has 0 saturated heterocycles. The van der Waals surface area contributed by atoms with Crippen LogP contribution < -0.4 is 11.1 Å². The summed E-state index contributed by atoms with van der Waals surface area (Å²) in [4.78, 5) is 12.1. The third-order valence-electron chi connectivity index (χ3n) is 2.39. The summed E-state index contributed by atoms with van der Waals surface area (Å²) in [6.45, 7) is 0. The lowest BCUT2D eigenvalue weighted by molar-refractivity contribution is 0.102. The SMILES string of the molecule is Nc1cc(Br)ccc1NC(=O)c1cc(Cl)cc(Br)c1. The van der Waals surface area contributed by atoms with Gasteiger partial charge in [0.05, 0.1) is 11.4 Å². The van der Waals surface area contributed by atoms with Crippen molar-refractivity contribution in [2.45, 2.75) is 0 Å². The Kier molecular flexibility index (Phi) is 4.50. The number of halogens is 3. The fraction of sp³-hybridized carbons (Fsp3) is 0. The van der Waals surface area contributed by atoms with Gasteiger partial charge in [0, 0.05) is 19.5 Å². The van der Waals surface area contributed by atoms with Crippen LogP contribution in [-0.2, 0) is 0 Å². The third kappa shape index (κ3) is 3.72. The first-order chi connectivity index (χ1) is 8.95. The second-order valence-corrected chi connectivity index (χ2v) is 6.11. The number of amides is 1. The van der Waals surface area contributed by atoms with Crippen molar-refractivity contribution in [2.24, 2.45) is 0 Å². The van der Waals surface area contributed by atoms with E-state index >= 15 is 0 Å². The van der Waals surface area contributed by atoms with E-state index in [-0.39, 0.29) is 5.91 Å². The molecule has 3 nitrogen and oxygen atoms in total. The van der Waals surface area contributed by atoms with Crippen LogP contribution >= 0.6 is 43.5 Å². The maximum absolute atomic E-state index is 12.1. The molecule has 98 valence electrons. The molecule has 6 heteroatoms. The zero-order valence-electron chi connectivity index (χ0n) is 9.58. The molecule has 2 aromatic rings. The van der Waals surface area contributed by atoms with E-state index in [0.717, 1.165) is 8.95 Å². The summed E-state index contributed by atoms with van der Waals surface area (Å²) in [6, 6.07) is 10.3. The van der Waals surface area contributed by atoms with Gasteiger partial charge in [-0.15, -0.1) is 0 Å². The second kappa shape index (κ2) is 5.94. The number of carbonyl (C=O) groups excluding carboxylic acids is 1. The quantitative estimate of drug-likeness (QED) is 0.713. The Labute approximate surface area is 132 Å². The molecule has 2 aromatic carbocycles. The van der Waals surface area contributed by atoms with Gasteiger partial charge < -0.3 is 11.1 Å². The van der Waals surface area contributed by atoms with Gasteiger partial charge in [-0.1, -0.05) is 43.5 Å². The van der Waals surface area contributed by atoms with Crippen molar-refractivity contribution < 1.29 is 4.79 Å². The van der Waals surface area contributed by atoms with Gasteiger partial charge in [-0.3, -0.25) is 4.79 Å². The van der Waals surface area contributed by atoms with Crippen LogP contribution in [0.4, 0.5) is 11.4 Å². The Morgan fingerprint density at radius 3 is 2.47 bits per heavy atom. The largest absolute Gasteiger partial charge is 0.397 e. The Morgan fingerprint density at radius 1 is 1.11 bits per heavy atom. The van der Waals surface area contributed by atoms with Crippen molar-refractivity contribution in [2.75, 3.05) is 11.1 Å². The fourth-order valence-electron chi connectivity index (χ4n) is 1.53. The fourth-order valence-corrected chi connectivity index (χ4v) is 2.77. The number of nitrogens with one attached hydrogen (secondary N) is 1. The molecule has 0 aromatic heterocycles. The highest BCUT2D eigenvalue weighted by atomic mass is 79.9. The van der Waals surface area contributed by atoms with Gasteiger partial charge in [0.25, 0.3) is 5.91 Å². The number of carbonyl (C=O) groups is 1. The Morgan fingerprint density at radius 2 is 1.84 bits per heavy atom. The van der Waals surface area contributed by atoms with Gasteiger partial charge in [0.15, 0.2) is 0 Å². The molecule has 0 atom stereocenters. The summed E-state index contributed by atoms with van der Waals surface area (Å²) in [5, 5.41) is 3.23. The van der Waals surface area contributed by atoms with Crippen LogP contribution in [0.25, 0.3) is 0 Å². The predicted octanol–water partition coefficient (Wildman–Crippen LogP) is 4.70. The normalized spacial score (nSPS) is 10.3. The Bertz CT molecular complexity index is 626. The molecule has 0 aliphatic heterocycles. The summed E-state index contributed by atoms with van der Waals surface area (Å²) in [5.74, 6) is -0.266. The molecule has 0 saturated carbocycles. The first-order valence-electron chi connectivity index (χ1n) is 5.28. The van der Waals surface area contributed by atoms with Gasteiger partial charge in [0.1, 0.15) is 0 Å². The van der Waals surface area contributed by atoms with Gasteiger partial charge in [-0.25, -0.2) is 0 Å². The van der Waals surface area contributed by atoms with E-state index in [0.29, 0.717) is 22.0 Å². The van der Waals surface area contributed by atoms with Crippen molar-refractivity contribution in [3.05, 3.63) is 55.9 Å². The van der Waals surface area contributed by atoms with Crippen LogP contribution in [0.2, 0.25) is 5.02 Å². The molecule has 0 aliphatic carbocycles. The van der Waals surface area contributed by atoms with Crippen molar-refractivity contribution in [1.29, 1.82) is 0 Å². The standard InChI is InChI=1S/C13H9Br2ClN2O/c14-8-1-2-12(11(17)6-8)18-13(19)7-3-9(15)5-10(16)4-7/h1-6H,17H2,(H,18,19). The molecule has 19 heavy (non-hydrogen) atoms. The lowest BCUT2D eigenvalue weighted by Crippen LogP contribution is -2.13. The molecule has 0 unspecified atom stereocenters. The molecule has 1 amide bonds. The minimum atomic E-state index is -0.266. The summed E-state index contributed by atoms with van der Waals surface area (Å²) < 4.78 is 1.60. The number of hydrogen-bond donors (Lipinski definition) is 2. The summed E-state index contributed by atoms with van der Waals surface area (Å²) in [6.07, 6.45) is 0. The number of rotatable bonds is 2. The van der Waals surface area contributed by atoms with Crippen LogP contribution in [0.1, 0.15) is 10.4 Å². The molecule has 3 N–H and O–H groups in total. The summed E-state index contributed by atoms with van der Waals surface area (Å²) >= 11 is 12.5. The number of nitrogen functional groups attached to an aromatic ring is 1. The van der Waals surface area contributed by atoms with Gasteiger partial charge in [-0.05, 0) is 36.4 Å². The molecule has 0 fully saturated rings. The van der Waals surface area contributed by atoms with E-state index in [1.54, 1.807) is 36.4 Å². The first kappa shape index (κ1) is 14.4. The van der Waals surface area contributed by atoms with E-state index in [4.69, 9.17) is 17.3 Å². The van der Waals surface area contributed by atoms with E-state index in [1.807, 2.05) is 0 Å². The van der Waals surface area contributed by atoms with Crippen LogP contribution in [-0.4, -0.2) is 5.91 Å². The summed E-state index contributed by atoms with van der Waals surface area (Å²) in [5.41, 5.74) is 7.34. The average Bonchev–Trinajstić information content (AvgIpc) is 2.31. The maximum atomic E-state index is 12.1. The first-order valence-corrected chi connectivity index (χ1v) is 7.24. The summed E-state index contributed by atoms with van der Waals surface area (Å²) in [7, 11) is 0. The minimum Gasteiger partial charge on any atom is -0.397 e. The van der Waals surface area contributed by atoms with Crippen molar-refractivity contribution in [3.63, 3.8) is 0 Å². The van der Waals surface area contributed by atoms with Crippen molar-refractivity contribution >= 4 is 60.7 Å². The highest BCUT2D eigenvalue weighted by Crippen LogP contribution is 2.25. The molecule has 0 bridgehead atoms. The zero-order valence-corrected chi connectivity index (χ0v) is 13.5. The predicted molar refractivity (Wildman–Crippen MR) is 85.7 cm³/mol. The van der Waals surface area contributed by atoms with Crippen LogP contribution in [0.5, 0.6) is 0 Å². The molecular weight excluding hydrogens is 395 g/mol. The van der Waals surface area contributed by atoms with Crippen LogP contribution in [0.3, 0.4) is 0 Å². The van der Waals surface area contributed by atoms with E-state index < -0.39 is 0 Å². The van der Waals surface area contributed by atoms with Gasteiger partial charge >= 0.3 is 0 Å². The highest BCUT2D eigenvalue weighted by molar-refractivity contribution is 9.10. The lowest BCUT2D eigenvalue weighted by Gasteiger charge is -2.09. The Balaban J connectivity index is 2.25. The smallest absolute Gasteiger partial charge is 0.255 e. The van der Waals surface area contributed by atoms with Crippen LogP contribution in [0.15, 0.2) is 45.3 Å². The number of anilines is 2. The average molecular weight is 404 g/mol. The number of benzene rings is 2. The van der Waals surface area contributed by atoms with Crippen molar-refractivity contribution in [3.8, 4) is 0 Å². The minimum absolute atomic E-state index is 0.266. The Hall–Kier alpha value is -1.04. The molecule has 0 spiro atoms. The maximum Gasteiger partial charge on any atom is 0.255 e. The van der Waals surface area contributed by atoms with Gasteiger partial charge in [0.2, 0.25) is 0 Å². The molecule has 0 radical (unpaired) electrons. The second-order valence-electron chi connectivity index (χ2n) is 3.84. The zero-order chi connectivity index (χ0) is 14.0.